The Morgan fingerprint density at radius 1 is 1.06 bits per heavy atom. The van der Waals surface area contributed by atoms with E-state index in [0.29, 0.717) is 18.8 Å². The minimum Gasteiger partial charge on any atom is -0.466 e. The van der Waals surface area contributed by atoms with Crippen molar-refractivity contribution < 1.29 is 19.1 Å². The minimum absolute atomic E-state index is 0.281. The summed E-state index contributed by atoms with van der Waals surface area (Å²) in [7, 11) is 0. The second kappa shape index (κ2) is 5.90. The lowest BCUT2D eigenvalue weighted by atomic mass is 10.1. The molecule has 0 aliphatic carbocycles. The predicted octanol–water partition coefficient (Wildman–Crippen LogP) is 1.72. The Hall–Kier alpha value is -1.84. The maximum absolute atomic E-state index is 10.7. The fourth-order valence-electron chi connectivity index (χ4n) is 1.20. The number of benzene rings is 1. The van der Waals surface area contributed by atoms with Gasteiger partial charge in [-0.05, 0) is 17.7 Å². The van der Waals surface area contributed by atoms with Gasteiger partial charge in [0.2, 0.25) is 0 Å². The molecule has 0 amide bonds. The first-order valence-corrected chi connectivity index (χ1v) is 4.98. The Kier molecular flexibility index (Phi) is 4.51. The SMILES string of the molecule is CC(=O)OCCc1ccc(OC(C)=O)cc1. The molecule has 0 unspecified atom stereocenters. The molecular weight excluding hydrogens is 208 g/mol. The van der Waals surface area contributed by atoms with Gasteiger partial charge in [0.25, 0.3) is 0 Å². The molecule has 4 nitrogen and oxygen atoms in total. The van der Waals surface area contributed by atoms with E-state index < -0.39 is 0 Å². The highest BCUT2D eigenvalue weighted by Gasteiger charge is 1.99. The fourth-order valence-corrected chi connectivity index (χ4v) is 1.20. The van der Waals surface area contributed by atoms with E-state index in [0.717, 1.165) is 5.56 Å². The summed E-state index contributed by atoms with van der Waals surface area (Å²) in [4.78, 5) is 21.2. The van der Waals surface area contributed by atoms with E-state index in [1.165, 1.54) is 13.8 Å². The fraction of sp³-hybridized carbons (Fsp3) is 0.333. The molecule has 16 heavy (non-hydrogen) atoms. The molecular formula is C12H14O4. The van der Waals surface area contributed by atoms with Crippen LogP contribution in [0, 0.1) is 0 Å². The Balaban J connectivity index is 2.45. The van der Waals surface area contributed by atoms with E-state index in [2.05, 4.69) is 0 Å². The third-order valence-electron chi connectivity index (χ3n) is 1.88. The van der Waals surface area contributed by atoms with Crippen molar-refractivity contribution in [2.45, 2.75) is 20.3 Å². The molecule has 1 aromatic carbocycles. The minimum atomic E-state index is -0.340. The van der Waals surface area contributed by atoms with Gasteiger partial charge in [-0.1, -0.05) is 12.1 Å². The van der Waals surface area contributed by atoms with Crippen LogP contribution in [0.25, 0.3) is 0 Å². The molecule has 0 heterocycles. The van der Waals surface area contributed by atoms with E-state index in [9.17, 15) is 9.59 Å². The monoisotopic (exact) mass is 222 g/mol. The molecule has 0 saturated heterocycles. The Morgan fingerprint density at radius 3 is 2.19 bits per heavy atom. The molecule has 86 valence electrons. The van der Waals surface area contributed by atoms with Gasteiger partial charge in [-0.25, -0.2) is 0 Å². The Bertz CT molecular complexity index is 367. The molecule has 0 radical (unpaired) electrons. The van der Waals surface area contributed by atoms with Crippen molar-refractivity contribution in [2.24, 2.45) is 0 Å². The van der Waals surface area contributed by atoms with Crippen molar-refractivity contribution in [2.75, 3.05) is 6.61 Å². The lowest BCUT2D eigenvalue weighted by Gasteiger charge is -2.04. The van der Waals surface area contributed by atoms with Gasteiger partial charge in [0, 0.05) is 20.3 Å². The largest absolute Gasteiger partial charge is 0.466 e. The molecule has 1 aromatic rings. The zero-order chi connectivity index (χ0) is 12.0. The molecule has 0 fully saturated rings. The average Bonchev–Trinajstić information content (AvgIpc) is 2.19. The highest BCUT2D eigenvalue weighted by molar-refractivity contribution is 5.69. The van der Waals surface area contributed by atoms with Crippen LogP contribution < -0.4 is 4.74 Å². The van der Waals surface area contributed by atoms with E-state index in [1.807, 2.05) is 12.1 Å². The first kappa shape index (κ1) is 12.2. The molecule has 1 rings (SSSR count). The number of esters is 2. The molecule has 0 aromatic heterocycles. The van der Waals surface area contributed by atoms with Crippen LogP contribution in [0.5, 0.6) is 5.75 Å². The Labute approximate surface area is 94.2 Å². The van der Waals surface area contributed by atoms with Crippen molar-refractivity contribution in [1.82, 2.24) is 0 Å². The summed E-state index contributed by atoms with van der Waals surface area (Å²) in [6.45, 7) is 3.10. The van der Waals surface area contributed by atoms with Crippen LogP contribution in [-0.2, 0) is 20.7 Å². The van der Waals surface area contributed by atoms with Gasteiger partial charge in [0.1, 0.15) is 5.75 Å². The topological polar surface area (TPSA) is 52.6 Å². The quantitative estimate of drug-likeness (QED) is 0.575. The number of ether oxygens (including phenoxy) is 2. The van der Waals surface area contributed by atoms with Crippen molar-refractivity contribution in [3.8, 4) is 5.75 Å². The molecule has 0 bridgehead atoms. The molecule has 0 spiro atoms. The van der Waals surface area contributed by atoms with Crippen LogP contribution in [0.2, 0.25) is 0 Å². The van der Waals surface area contributed by atoms with Crippen LogP contribution in [0.1, 0.15) is 19.4 Å². The number of rotatable bonds is 4. The van der Waals surface area contributed by atoms with Gasteiger partial charge in [-0.15, -0.1) is 0 Å². The van der Waals surface area contributed by atoms with E-state index in [4.69, 9.17) is 9.47 Å². The second-order valence-electron chi connectivity index (χ2n) is 3.33. The summed E-state index contributed by atoms with van der Waals surface area (Å²) in [5.74, 6) is -0.104. The van der Waals surface area contributed by atoms with E-state index in [1.54, 1.807) is 12.1 Å². The average molecular weight is 222 g/mol. The lowest BCUT2D eigenvalue weighted by molar-refractivity contribution is -0.140. The van der Waals surface area contributed by atoms with E-state index >= 15 is 0 Å². The van der Waals surface area contributed by atoms with Crippen molar-refractivity contribution in [1.29, 1.82) is 0 Å². The van der Waals surface area contributed by atoms with Gasteiger partial charge < -0.3 is 9.47 Å². The van der Waals surface area contributed by atoms with Crippen LogP contribution in [0.4, 0.5) is 0 Å². The number of hydrogen-bond acceptors (Lipinski definition) is 4. The van der Waals surface area contributed by atoms with Gasteiger partial charge in [-0.2, -0.15) is 0 Å². The summed E-state index contributed by atoms with van der Waals surface area (Å²) in [6, 6.07) is 7.10. The first-order chi connectivity index (χ1) is 7.58. The van der Waals surface area contributed by atoms with Crippen LogP contribution >= 0.6 is 0 Å². The third kappa shape index (κ3) is 4.59. The maximum atomic E-state index is 10.7. The highest BCUT2D eigenvalue weighted by atomic mass is 16.5. The highest BCUT2D eigenvalue weighted by Crippen LogP contribution is 2.12. The smallest absolute Gasteiger partial charge is 0.308 e. The number of carbonyl (C=O) groups is 2. The second-order valence-corrected chi connectivity index (χ2v) is 3.33. The third-order valence-corrected chi connectivity index (χ3v) is 1.88. The summed E-state index contributed by atoms with van der Waals surface area (Å²) in [5.41, 5.74) is 1.03. The normalized spacial score (nSPS) is 9.62. The van der Waals surface area contributed by atoms with Gasteiger partial charge in [0.05, 0.1) is 6.61 Å². The summed E-state index contributed by atoms with van der Waals surface area (Å²) < 4.78 is 9.70. The van der Waals surface area contributed by atoms with Crippen LogP contribution in [-0.4, -0.2) is 18.5 Å². The zero-order valence-corrected chi connectivity index (χ0v) is 9.36. The summed E-state index contributed by atoms with van der Waals surface area (Å²) >= 11 is 0. The molecule has 0 N–H and O–H groups in total. The van der Waals surface area contributed by atoms with Gasteiger partial charge >= 0.3 is 11.9 Å². The van der Waals surface area contributed by atoms with E-state index in [-0.39, 0.29) is 11.9 Å². The molecule has 0 aliphatic heterocycles. The van der Waals surface area contributed by atoms with Crippen LogP contribution in [0.3, 0.4) is 0 Å². The number of hydrogen-bond donors (Lipinski definition) is 0. The standard InChI is InChI=1S/C12H14O4/c1-9(13)15-8-7-11-3-5-12(6-4-11)16-10(2)14/h3-6H,7-8H2,1-2H3. The summed E-state index contributed by atoms with van der Waals surface area (Å²) in [6.07, 6.45) is 0.653. The Morgan fingerprint density at radius 2 is 1.69 bits per heavy atom. The molecule has 0 atom stereocenters. The first-order valence-electron chi connectivity index (χ1n) is 4.98. The molecule has 0 saturated carbocycles. The van der Waals surface area contributed by atoms with Crippen molar-refractivity contribution in [3.63, 3.8) is 0 Å². The zero-order valence-electron chi connectivity index (χ0n) is 9.36. The predicted molar refractivity (Wildman–Crippen MR) is 58.1 cm³/mol. The molecule has 4 heteroatoms. The lowest BCUT2D eigenvalue weighted by Crippen LogP contribution is -2.04. The summed E-state index contributed by atoms with van der Waals surface area (Å²) in [5, 5.41) is 0. The molecule has 0 aliphatic rings. The van der Waals surface area contributed by atoms with Crippen LogP contribution in [0.15, 0.2) is 24.3 Å². The van der Waals surface area contributed by atoms with Gasteiger partial charge in [0.15, 0.2) is 0 Å². The maximum Gasteiger partial charge on any atom is 0.308 e. The van der Waals surface area contributed by atoms with Gasteiger partial charge in [-0.3, -0.25) is 9.59 Å². The number of carbonyl (C=O) groups excluding carboxylic acids is 2. The van der Waals surface area contributed by atoms with Crippen molar-refractivity contribution >= 4 is 11.9 Å². The van der Waals surface area contributed by atoms with Crippen molar-refractivity contribution in [3.05, 3.63) is 29.8 Å².